The van der Waals surface area contributed by atoms with Gasteiger partial charge in [-0.05, 0) is 116 Å². The van der Waals surface area contributed by atoms with Gasteiger partial charge in [-0.1, -0.05) is 44.5 Å². The normalized spacial score (nSPS) is 46.9. The third kappa shape index (κ3) is 4.23. The van der Waals surface area contributed by atoms with Crippen molar-refractivity contribution >= 4 is 5.97 Å². The van der Waals surface area contributed by atoms with Crippen LogP contribution in [-0.2, 0) is 9.53 Å². The van der Waals surface area contributed by atoms with Gasteiger partial charge in [-0.15, -0.1) is 0 Å². The van der Waals surface area contributed by atoms with Crippen LogP contribution in [0.1, 0.15) is 91.9 Å². The zero-order chi connectivity index (χ0) is 25.0. The molecule has 1 N–H and O–H groups in total. The quantitative estimate of drug-likeness (QED) is 0.177. The van der Waals surface area contributed by atoms with Crippen LogP contribution < -0.4 is 0 Å². The fourth-order valence-corrected chi connectivity index (χ4v) is 9.89. The predicted octanol–water partition coefficient (Wildman–Crippen LogP) is 7.40. The summed E-state index contributed by atoms with van der Waals surface area (Å²) in [5.41, 5.74) is 10.8. The van der Waals surface area contributed by atoms with E-state index in [0.29, 0.717) is 54.3 Å². The Balaban J connectivity index is 1.28. The van der Waals surface area contributed by atoms with Crippen molar-refractivity contribution in [1.29, 1.82) is 0 Å². The van der Waals surface area contributed by atoms with Crippen LogP contribution in [0.15, 0.2) is 16.8 Å². The zero-order valence-corrected chi connectivity index (χ0v) is 22.2. The summed E-state index contributed by atoms with van der Waals surface area (Å²) in [6.45, 7) is 10.3. The number of aliphatic carboxylic acids is 1. The lowest BCUT2D eigenvalue weighted by molar-refractivity contribution is -0.138. The molecule has 11 atom stereocenters. The van der Waals surface area contributed by atoms with Crippen LogP contribution in [0.25, 0.3) is 10.4 Å². The maximum atomic E-state index is 11.3. The minimum absolute atomic E-state index is 0.272. The molecule has 0 aromatic carbocycles. The molecule has 1 saturated heterocycles. The van der Waals surface area contributed by atoms with Crippen LogP contribution in [0.3, 0.4) is 0 Å². The maximum Gasteiger partial charge on any atom is 0.303 e. The highest BCUT2D eigenvalue weighted by molar-refractivity contribution is 5.67. The molecule has 0 aromatic rings. The van der Waals surface area contributed by atoms with Gasteiger partial charge < -0.3 is 9.84 Å². The number of fused-ring (bicyclic) bond motifs is 7. The van der Waals surface area contributed by atoms with Gasteiger partial charge in [-0.3, -0.25) is 4.79 Å². The Morgan fingerprint density at radius 1 is 1.31 bits per heavy atom. The van der Waals surface area contributed by atoms with Crippen LogP contribution in [0.4, 0.5) is 0 Å². The summed E-state index contributed by atoms with van der Waals surface area (Å²) < 4.78 is 6.80. The predicted molar refractivity (Wildman–Crippen MR) is 137 cm³/mol. The average molecular weight is 484 g/mol. The molecule has 5 rings (SSSR count). The van der Waals surface area contributed by atoms with E-state index in [2.05, 4.69) is 43.8 Å². The number of hydrogen-bond donors (Lipinski definition) is 1. The van der Waals surface area contributed by atoms with Crippen molar-refractivity contribution in [2.75, 3.05) is 6.54 Å². The van der Waals surface area contributed by atoms with Crippen molar-refractivity contribution < 1.29 is 14.6 Å². The third-order valence-corrected chi connectivity index (χ3v) is 11.7. The summed E-state index contributed by atoms with van der Waals surface area (Å²) in [5.74, 6) is 3.59. The number of carboxylic acids is 1. The highest BCUT2D eigenvalue weighted by Gasteiger charge is 2.64. The largest absolute Gasteiger partial charge is 0.481 e. The van der Waals surface area contributed by atoms with Crippen molar-refractivity contribution in [3.05, 3.63) is 22.1 Å². The zero-order valence-electron chi connectivity index (χ0n) is 22.2. The number of allylic oxidation sites excluding steroid dienone is 2. The van der Waals surface area contributed by atoms with Gasteiger partial charge in [-0.2, -0.15) is 0 Å². The Kier molecular flexibility index (Phi) is 6.76. The van der Waals surface area contributed by atoms with E-state index in [1.54, 1.807) is 5.57 Å². The van der Waals surface area contributed by atoms with Crippen LogP contribution in [0.2, 0.25) is 0 Å². The van der Waals surface area contributed by atoms with E-state index in [1.807, 2.05) is 0 Å². The van der Waals surface area contributed by atoms with Crippen LogP contribution >= 0.6 is 0 Å². The number of nitrogens with zero attached hydrogens (tertiary/aromatic N) is 3. The molecule has 0 radical (unpaired) electrons. The average Bonchev–Trinajstić information content (AvgIpc) is 3.29. The second-order valence-corrected chi connectivity index (χ2v) is 13.4. The molecule has 0 bridgehead atoms. The van der Waals surface area contributed by atoms with Gasteiger partial charge in [0.25, 0.3) is 0 Å². The number of azide groups is 1. The van der Waals surface area contributed by atoms with Crippen molar-refractivity contribution in [1.82, 2.24) is 0 Å². The summed E-state index contributed by atoms with van der Waals surface area (Å²) >= 11 is 0. The first-order chi connectivity index (χ1) is 16.7. The summed E-state index contributed by atoms with van der Waals surface area (Å²) in [5, 5.41) is 13.1. The van der Waals surface area contributed by atoms with E-state index in [-0.39, 0.29) is 5.41 Å². The van der Waals surface area contributed by atoms with Crippen molar-refractivity contribution in [3.8, 4) is 0 Å². The highest BCUT2D eigenvalue weighted by Crippen LogP contribution is 2.69. The van der Waals surface area contributed by atoms with E-state index >= 15 is 0 Å². The van der Waals surface area contributed by atoms with E-state index < -0.39 is 5.97 Å². The van der Waals surface area contributed by atoms with Crippen LogP contribution in [-0.4, -0.2) is 29.8 Å². The smallest absolute Gasteiger partial charge is 0.303 e. The molecular weight excluding hydrogens is 438 g/mol. The molecule has 1 heterocycles. The van der Waals surface area contributed by atoms with E-state index in [9.17, 15) is 9.90 Å². The molecule has 194 valence electrons. The summed E-state index contributed by atoms with van der Waals surface area (Å²) in [6.07, 6.45) is 14.0. The molecular formula is C29H45N3O3. The molecule has 0 amide bonds. The lowest BCUT2D eigenvalue weighted by Crippen LogP contribution is -2.50. The number of carbonyl (C=O) groups is 1. The Labute approximate surface area is 210 Å². The highest BCUT2D eigenvalue weighted by atomic mass is 16.5. The second-order valence-electron chi connectivity index (χ2n) is 13.4. The SMILES string of the molecule is CC(CCC1O[C@H]2C[C@H]3[C@@H]4CC=C5CC(CC(=O)O)CC[C@]5(C)[C@H]4CC[C@]3(C)[C@H]2[C@@H]1C)CN=[N+]=[N-]. The maximum absolute atomic E-state index is 11.3. The Hall–Kier alpha value is -1.52. The second kappa shape index (κ2) is 9.41. The summed E-state index contributed by atoms with van der Waals surface area (Å²) in [6, 6.07) is 0. The van der Waals surface area contributed by atoms with Crippen LogP contribution in [0, 0.1) is 52.3 Å². The lowest BCUT2D eigenvalue weighted by atomic mass is 9.46. The monoisotopic (exact) mass is 483 g/mol. The first kappa shape index (κ1) is 25.1. The van der Waals surface area contributed by atoms with Crippen LogP contribution in [0.5, 0.6) is 0 Å². The topological polar surface area (TPSA) is 95.3 Å². The molecule has 6 nitrogen and oxygen atoms in total. The molecule has 1 aliphatic heterocycles. The first-order valence-corrected chi connectivity index (χ1v) is 14.2. The Morgan fingerprint density at radius 2 is 2.11 bits per heavy atom. The fourth-order valence-electron chi connectivity index (χ4n) is 9.89. The fraction of sp³-hybridized carbons (Fsp3) is 0.897. The molecule has 3 unspecified atom stereocenters. The van der Waals surface area contributed by atoms with Gasteiger partial charge in [0.15, 0.2) is 0 Å². The molecule has 4 fully saturated rings. The summed E-state index contributed by atoms with van der Waals surface area (Å²) in [4.78, 5) is 14.2. The number of rotatable bonds is 7. The van der Waals surface area contributed by atoms with E-state index in [0.717, 1.165) is 49.9 Å². The van der Waals surface area contributed by atoms with Gasteiger partial charge in [0, 0.05) is 17.9 Å². The minimum Gasteiger partial charge on any atom is -0.481 e. The molecule has 5 aliphatic rings. The number of ether oxygens (including phenoxy) is 1. The van der Waals surface area contributed by atoms with Crippen molar-refractivity contribution in [3.63, 3.8) is 0 Å². The van der Waals surface area contributed by atoms with Crippen molar-refractivity contribution in [2.24, 2.45) is 57.4 Å². The number of carboxylic acid groups (broad SMARTS) is 1. The molecule has 0 spiro atoms. The summed E-state index contributed by atoms with van der Waals surface area (Å²) in [7, 11) is 0. The first-order valence-electron chi connectivity index (χ1n) is 14.2. The van der Waals surface area contributed by atoms with Gasteiger partial charge in [-0.25, -0.2) is 0 Å². The molecule has 35 heavy (non-hydrogen) atoms. The van der Waals surface area contributed by atoms with E-state index in [1.165, 1.54) is 25.7 Å². The van der Waals surface area contributed by atoms with Gasteiger partial charge in [0.05, 0.1) is 12.2 Å². The molecule has 6 heteroatoms. The molecule has 3 saturated carbocycles. The third-order valence-electron chi connectivity index (χ3n) is 11.7. The molecule has 4 aliphatic carbocycles. The van der Waals surface area contributed by atoms with Crippen molar-refractivity contribution in [2.45, 2.75) is 104 Å². The van der Waals surface area contributed by atoms with Gasteiger partial charge in [0.1, 0.15) is 0 Å². The Bertz CT molecular complexity index is 913. The van der Waals surface area contributed by atoms with Gasteiger partial charge in [0.2, 0.25) is 0 Å². The lowest BCUT2D eigenvalue weighted by Gasteiger charge is -2.58. The standard InChI is InChI=1S/C29H45N3O3/c1-17(16-31-32-30)5-8-24-18(2)27-25(35-24)15-23-21-7-6-20-13-19(14-26(33)34)9-11-28(20,3)22(21)10-12-29(23,27)4/h6,17-19,21-25,27H,5,7-16H2,1-4H3,(H,33,34)/t17?,18-,19?,21-,22+,23+,24?,25+,27+,28+,29+/m1/s1. The Morgan fingerprint density at radius 3 is 2.86 bits per heavy atom. The van der Waals surface area contributed by atoms with E-state index in [4.69, 9.17) is 10.3 Å². The minimum atomic E-state index is -0.642. The van der Waals surface area contributed by atoms with Gasteiger partial charge >= 0.3 is 5.97 Å². The number of hydrogen-bond acceptors (Lipinski definition) is 3. The molecule has 0 aromatic heterocycles.